The molecule has 0 radical (unpaired) electrons. The van der Waals surface area contributed by atoms with E-state index in [0.29, 0.717) is 4.91 Å². The van der Waals surface area contributed by atoms with Crippen molar-refractivity contribution in [1.29, 1.82) is 0 Å². The molecule has 1 heterocycles. The van der Waals surface area contributed by atoms with Crippen LogP contribution in [0.1, 0.15) is 11.1 Å². The first kappa shape index (κ1) is 19.8. The van der Waals surface area contributed by atoms with Gasteiger partial charge in [-0.3, -0.25) is 14.5 Å². The summed E-state index contributed by atoms with van der Waals surface area (Å²) in [5.74, 6) is -0.998. The van der Waals surface area contributed by atoms with Gasteiger partial charge < -0.3 is 0 Å². The van der Waals surface area contributed by atoms with Crippen molar-refractivity contribution in [2.24, 2.45) is 0 Å². The number of halogens is 2. The number of carbonyl (C=O) groups excluding carboxylic acids is 2. The van der Waals surface area contributed by atoms with E-state index in [1.54, 1.807) is 6.08 Å². The van der Waals surface area contributed by atoms with Crippen LogP contribution in [-0.4, -0.2) is 16.0 Å². The van der Waals surface area contributed by atoms with E-state index in [1.165, 1.54) is 18.2 Å². The summed E-state index contributed by atoms with van der Waals surface area (Å²) < 4.78 is 14.2. The number of nitrogens with zero attached hydrogens (tertiary/aromatic N) is 1. The molecule has 0 spiro atoms. The monoisotopic (exact) mass is 447 g/mol. The Kier molecular flexibility index (Phi) is 5.00. The van der Waals surface area contributed by atoms with Gasteiger partial charge in [0.15, 0.2) is 0 Å². The lowest BCUT2D eigenvalue weighted by Crippen LogP contribution is -2.28. The zero-order valence-corrected chi connectivity index (χ0v) is 17.7. The van der Waals surface area contributed by atoms with Crippen LogP contribution in [0, 0.1) is 5.82 Å². The predicted molar refractivity (Wildman–Crippen MR) is 124 cm³/mol. The summed E-state index contributed by atoms with van der Waals surface area (Å²) in [7, 11) is 0. The highest BCUT2D eigenvalue weighted by molar-refractivity contribution is 8.18. The number of rotatable bonds is 3. The number of fused-ring (bicyclic) bond motifs is 2. The zero-order valence-electron chi connectivity index (χ0n) is 16.1. The summed E-state index contributed by atoms with van der Waals surface area (Å²) in [6.45, 7) is -0.205. The predicted octanol–water partition coefficient (Wildman–Crippen LogP) is 7.02. The van der Waals surface area contributed by atoms with Gasteiger partial charge in [-0.15, -0.1) is 0 Å². The van der Waals surface area contributed by atoms with Crippen LogP contribution in [0.4, 0.5) is 9.18 Å². The van der Waals surface area contributed by atoms with E-state index < -0.39 is 17.0 Å². The number of amides is 2. The molecule has 0 unspecified atom stereocenters. The molecule has 1 aliphatic rings. The van der Waals surface area contributed by atoms with E-state index in [2.05, 4.69) is 6.07 Å². The van der Waals surface area contributed by atoms with Gasteiger partial charge in [0.1, 0.15) is 5.82 Å². The van der Waals surface area contributed by atoms with Gasteiger partial charge in [0, 0.05) is 10.6 Å². The van der Waals surface area contributed by atoms with Crippen molar-refractivity contribution in [2.75, 3.05) is 0 Å². The van der Waals surface area contributed by atoms with Crippen molar-refractivity contribution >= 4 is 62.1 Å². The Morgan fingerprint density at radius 1 is 0.903 bits per heavy atom. The third-order valence-corrected chi connectivity index (χ3v) is 6.60. The number of imide groups is 1. The second kappa shape index (κ2) is 7.84. The van der Waals surface area contributed by atoms with E-state index in [-0.39, 0.29) is 17.1 Å². The lowest BCUT2D eigenvalue weighted by molar-refractivity contribution is -0.123. The lowest BCUT2D eigenvalue weighted by atomic mass is 9.96. The van der Waals surface area contributed by atoms with Gasteiger partial charge in [0.05, 0.1) is 11.4 Å². The minimum absolute atomic E-state index is 0.128. The summed E-state index contributed by atoms with van der Waals surface area (Å²) >= 11 is 6.95. The highest BCUT2D eigenvalue weighted by Gasteiger charge is 2.36. The first-order chi connectivity index (χ1) is 15.0. The third-order valence-electron chi connectivity index (χ3n) is 5.34. The van der Waals surface area contributed by atoms with Crippen molar-refractivity contribution in [3.8, 4) is 0 Å². The number of hydrogen-bond acceptors (Lipinski definition) is 3. The first-order valence-corrected chi connectivity index (χ1v) is 10.8. The molecule has 0 aliphatic carbocycles. The first-order valence-electron chi connectivity index (χ1n) is 9.61. The molecular weight excluding hydrogens is 433 g/mol. The van der Waals surface area contributed by atoms with Crippen molar-refractivity contribution < 1.29 is 14.0 Å². The summed E-state index contributed by atoms with van der Waals surface area (Å²) in [4.78, 5) is 27.0. The maximum Gasteiger partial charge on any atom is 0.293 e. The van der Waals surface area contributed by atoms with Gasteiger partial charge >= 0.3 is 0 Å². The Balaban J connectivity index is 1.60. The molecular formula is C25H15ClFNO2S. The summed E-state index contributed by atoms with van der Waals surface area (Å²) in [6, 6.07) is 22.2. The molecule has 5 rings (SSSR count). The van der Waals surface area contributed by atoms with Crippen LogP contribution < -0.4 is 0 Å². The Labute approximate surface area is 187 Å². The Hall–Kier alpha value is -3.15. The molecule has 31 heavy (non-hydrogen) atoms. The number of hydrogen-bond donors (Lipinski definition) is 0. The van der Waals surface area contributed by atoms with Gasteiger partial charge in [-0.2, -0.15) is 0 Å². The smallest absolute Gasteiger partial charge is 0.268 e. The maximum absolute atomic E-state index is 14.2. The number of benzene rings is 4. The summed E-state index contributed by atoms with van der Waals surface area (Å²) in [5, 5.41) is 3.81. The second-order valence-electron chi connectivity index (χ2n) is 7.20. The molecule has 2 amide bonds. The van der Waals surface area contributed by atoms with Gasteiger partial charge in [0.25, 0.3) is 11.1 Å². The van der Waals surface area contributed by atoms with E-state index in [1.807, 2.05) is 48.5 Å². The molecule has 0 atom stereocenters. The molecule has 1 saturated heterocycles. The van der Waals surface area contributed by atoms with E-state index >= 15 is 0 Å². The van der Waals surface area contributed by atoms with Crippen molar-refractivity contribution in [3.63, 3.8) is 0 Å². The number of thioether (sulfide) groups is 1. The van der Waals surface area contributed by atoms with Gasteiger partial charge in [0.2, 0.25) is 0 Å². The van der Waals surface area contributed by atoms with Crippen LogP contribution in [-0.2, 0) is 11.3 Å². The zero-order chi connectivity index (χ0) is 21.5. The average molecular weight is 448 g/mol. The average Bonchev–Trinajstić information content (AvgIpc) is 3.03. The highest BCUT2D eigenvalue weighted by Crippen LogP contribution is 2.37. The van der Waals surface area contributed by atoms with Crippen molar-refractivity contribution in [1.82, 2.24) is 4.90 Å². The van der Waals surface area contributed by atoms with Crippen LogP contribution >= 0.6 is 23.4 Å². The molecule has 1 fully saturated rings. The Bertz CT molecular complexity index is 1340. The molecule has 0 saturated carbocycles. The Morgan fingerprint density at radius 2 is 1.55 bits per heavy atom. The minimum Gasteiger partial charge on any atom is -0.268 e. The van der Waals surface area contributed by atoms with Gasteiger partial charge in [-0.25, -0.2) is 4.39 Å². The molecule has 4 aromatic carbocycles. The topological polar surface area (TPSA) is 37.4 Å². The molecule has 1 aliphatic heterocycles. The fraction of sp³-hybridized carbons (Fsp3) is 0.0400. The fourth-order valence-electron chi connectivity index (χ4n) is 3.81. The van der Waals surface area contributed by atoms with E-state index in [4.69, 9.17) is 11.6 Å². The van der Waals surface area contributed by atoms with Crippen LogP contribution in [0.3, 0.4) is 0 Å². The number of carbonyl (C=O) groups is 2. The Morgan fingerprint density at radius 3 is 2.19 bits per heavy atom. The lowest BCUT2D eigenvalue weighted by Gasteiger charge is -2.14. The standard InChI is InChI=1S/C25H15ClFNO2S/c26-21-10-5-11-22(27)20(21)14-28-24(29)23(31-25(28)30)13-19-17-8-3-1-6-15(17)12-16-7-2-4-9-18(16)19/h1-13H,14H2/b23-13-. The molecule has 0 N–H and O–H groups in total. The van der Waals surface area contributed by atoms with Crippen LogP contribution in [0.25, 0.3) is 27.6 Å². The third kappa shape index (κ3) is 3.50. The van der Waals surface area contributed by atoms with Crippen molar-refractivity contribution in [3.05, 3.63) is 99.7 Å². The molecule has 152 valence electrons. The SMILES string of the molecule is O=C1S/C(=C\c2c3ccccc3cc3ccccc23)C(=O)N1Cc1c(F)cccc1Cl. The molecule has 0 aromatic heterocycles. The quantitative estimate of drug-likeness (QED) is 0.250. The molecule has 6 heteroatoms. The van der Waals surface area contributed by atoms with E-state index in [9.17, 15) is 14.0 Å². The highest BCUT2D eigenvalue weighted by atomic mass is 35.5. The maximum atomic E-state index is 14.2. The van der Waals surface area contributed by atoms with E-state index in [0.717, 1.165) is 43.8 Å². The molecule has 4 aromatic rings. The van der Waals surface area contributed by atoms with Gasteiger partial charge in [-0.1, -0.05) is 66.2 Å². The van der Waals surface area contributed by atoms with Crippen LogP contribution in [0.5, 0.6) is 0 Å². The summed E-state index contributed by atoms with van der Waals surface area (Å²) in [6.07, 6.45) is 1.76. The molecule has 0 bridgehead atoms. The van der Waals surface area contributed by atoms with Crippen molar-refractivity contribution in [2.45, 2.75) is 6.54 Å². The minimum atomic E-state index is -0.546. The van der Waals surface area contributed by atoms with Gasteiger partial charge in [-0.05, 0) is 63.1 Å². The summed E-state index contributed by atoms with van der Waals surface area (Å²) in [5.41, 5.74) is 1.01. The van der Waals surface area contributed by atoms with Crippen LogP contribution in [0.2, 0.25) is 5.02 Å². The molecule has 3 nitrogen and oxygen atoms in total. The normalized spacial score (nSPS) is 15.5. The largest absolute Gasteiger partial charge is 0.293 e. The van der Waals surface area contributed by atoms with Crippen LogP contribution in [0.15, 0.2) is 77.7 Å². The second-order valence-corrected chi connectivity index (χ2v) is 8.60. The fourth-order valence-corrected chi connectivity index (χ4v) is 4.86.